The van der Waals surface area contributed by atoms with Crippen LogP contribution >= 0.6 is 0 Å². The van der Waals surface area contributed by atoms with Crippen LogP contribution in [0, 0.1) is 0 Å². The van der Waals surface area contributed by atoms with Crippen LogP contribution in [0.15, 0.2) is 24.9 Å². The van der Waals surface area contributed by atoms with Gasteiger partial charge in [-0.25, -0.2) is 0 Å². The molecule has 0 aliphatic rings. The number of hydrogen-bond donors (Lipinski definition) is 0. The lowest BCUT2D eigenvalue weighted by molar-refractivity contribution is -0.123. The molecule has 2 nitrogen and oxygen atoms in total. The van der Waals surface area contributed by atoms with Crippen molar-refractivity contribution in [1.82, 2.24) is 4.90 Å². The van der Waals surface area contributed by atoms with Crippen molar-refractivity contribution < 1.29 is 4.79 Å². The van der Waals surface area contributed by atoms with E-state index in [1.807, 2.05) is 36.5 Å². The highest BCUT2D eigenvalue weighted by molar-refractivity contribution is 6.59. The molecule has 0 fully saturated rings. The van der Waals surface area contributed by atoms with Crippen LogP contribution in [0.5, 0.6) is 0 Å². The SMILES string of the molecule is BC(B)(B)N(/C=C\C)C(=O)C=C. The second kappa shape index (κ2) is 4.24. The highest BCUT2D eigenvalue weighted by atomic mass is 16.2. The number of carbonyl (C=O) groups excluding carboxylic acids is 1. The molecule has 0 aromatic rings. The molecule has 0 heterocycles. The smallest absolute Gasteiger partial charge is 0.248 e. The summed E-state index contributed by atoms with van der Waals surface area (Å²) in [5.41, 5.74) is 0. The van der Waals surface area contributed by atoms with E-state index < -0.39 is 0 Å². The van der Waals surface area contributed by atoms with Gasteiger partial charge in [-0.1, -0.05) is 12.7 Å². The Hall–Kier alpha value is -0.855. The average Bonchev–Trinajstić information content (AvgIpc) is 1.96. The predicted molar refractivity (Wildman–Crippen MR) is 60.2 cm³/mol. The Morgan fingerprint density at radius 2 is 2.00 bits per heavy atom. The van der Waals surface area contributed by atoms with Gasteiger partial charge in [0.05, 0.1) is 0 Å². The van der Waals surface area contributed by atoms with Gasteiger partial charge in [0.1, 0.15) is 23.5 Å². The summed E-state index contributed by atoms with van der Waals surface area (Å²) >= 11 is 0. The van der Waals surface area contributed by atoms with E-state index >= 15 is 0 Å². The summed E-state index contributed by atoms with van der Waals surface area (Å²) in [5.74, 6) is -0.0689. The molecule has 0 spiro atoms. The molecule has 0 aromatic carbocycles. The Bertz CT molecular complexity index is 207. The predicted octanol–water partition coefficient (Wildman–Crippen LogP) is -1.95. The summed E-state index contributed by atoms with van der Waals surface area (Å²) in [6.07, 6.45) is 4.93. The number of nitrogens with zero attached hydrogens (tertiary/aromatic N) is 1. The third kappa shape index (κ3) is 3.03. The van der Waals surface area contributed by atoms with Crippen LogP contribution in [0.4, 0.5) is 0 Å². The molecule has 0 aliphatic heterocycles. The van der Waals surface area contributed by atoms with Crippen molar-refractivity contribution >= 4 is 29.4 Å². The maximum atomic E-state index is 11.3. The van der Waals surface area contributed by atoms with Gasteiger partial charge in [0, 0.05) is 6.20 Å². The molecule has 62 valence electrons. The molecule has 5 heteroatoms. The minimum atomic E-state index is -0.183. The van der Waals surface area contributed by atoms with E-state index in [1.165, 1.54) is 6.08 Å². The third-order valence-corrected chi connectivity index (χ3v) is 1.43. The fourth-order valence-corrected chi connectivity index (χ4v) is 0.875. The average molecular weight is 161 g/mol. The van der Waals surface area contributed by atoms with Crippen molar-refractivity contribution in [2.75, 3.05) is 0 Å². The molecule has 0 saturated heterocycles. The molecular weight excluding hydrogens is 147 g/mol. The molecule has 0 aromatic heterocycles. The van der Waals surface area contributed by atoms with Crippen LogP contribution in [-0.2, 0) is 4.79 Å². The van der Waals surface area contributed by atoms with Crippen LogP contribution in [-0.4, -0.2) is 39.6 Å². The number of amides is 1. The van der Waals surface area contributed by atoms with Crippen LogP contribution in [0.25, 0.3) is 0 Å². The zero-order chi connectivity index (χ0) is 9.78. The second-order valence-corrected chi connectivity index (χ2v) is 3.57. The Labute approximate surface area is 76.9 Å². The summed E-state index contributed by atoms with van der Waals surface area (Å²) in [4.78, 5) is 13.0. The van der Waals surface area contributed by atoms with Gasteiger partial charge in [-0.3, -0.25) is 4.79 Å². The van der Waals surface area contributed by atoms with E-state index in [9.17, 15) is 4.79 Å². The van der Waals surface area contributed by atoms with E-state index in [-0.39, 0.29) is 11.1 Å². The summed E-state index contributed by atoms with van der Waals surface area (Å²) < 4.78 is 0. The quantitative estimate of drug-likeness (QED) is 0.347. The summed E-state index contributed by atoms with van der Waals surface area (Å²) in [6, 6.07) is 0. The van der Waals surface area contributed by atoms with Crippen LogP contribution in [0.2, 0.25) is 0 Å². The molecular formula is C7H14B3NO. The topological polar surface area (TPSA) is 20.3 Å². The normalized spacial score (nSPS) is 11.4. The molecule has 0 saturated carbocycles. The molecule has 12 heavy (non-hydrogen) atoms. The van der Waals surface area contributed by atoms with Crippen LogP contribution in [0.3, 0.4) is 0 Å². The van der Waals surface area contributed by atoms with E-state index in [1.54, 1.807) is 11.1 Å². The number of allylic oxidation sites excluding steroid dienone is 1. The van der Waals surface area contributed by atoms with Gasteiger partial charge in [0.2, 0.25) is 5.91 Å². The first-order valence-corrected chi connectivity index (χ1v) is 4.02. The maximum Gasteiger partial charge on any atom is 0.248 e. The lowest BCUT2D eigenvalue weighted by atomic mass is 9.48. The van der Waals surface area contributed by atoms with Gasteiger partial charge >= 0.3 is 0 Å². The molecule has 0 aliphatic carbocycles. The van der Waals surface area contributed by atoms with Crippen molar-refractivity contribution in [3.63, 3.8) is 0 Å². The van der Waals surface area contributed by atoms with Gasteiger partial charge in [-0.15, -0.1) is 0 Å². The fraction of sp³-hybridized carbons (Fsp3) is 0.286. The number of carbonyl (C=O) groups is 1. The maximum absolute atomic E-state index is 11.3. The van der Waals surface area contributed by atoms with Crippen molar-refractivity contribution in [3.05, 3.63) is 24.9 Å². The minimum Gasteiger partial charge on any atom is -0.334 e. The highest BCUT2D eigenvalue weighted by Gasteiger charge is 2.21. The van der Waals surface area contributed by atoms with Gasteiger partial charge in [0.25, 0.3) is 0 Å². The van der Waals surface area contributed by atoms with E-state index in [0.717, 1.165) is 0 Å². The minimum absolute atomic E-state index is 0.0689. The van der Waals surface area contributed by atoms with Crippen molar-refractivity contribution in [2.24, 2.45) is 0 Å². The Balaban J connectivity index is 4.67. The first-order chi connectivity index (χ1) is 5.43. The van der Waals surface area contributed by atoms with Gasteiger partial charge < -0.3 is 4.90 Å². The number of rotatable bonds is 3. The largest absolute Gasteiger partial charge is 0.334 e. The van der Waals surface area contributed by atoms with Gasteiger partial charge in [0.15, 0.2) is 0 Å². The Kier molecular flexibility index (Phi) is 3.94. The van der Waals surface area contributed by atoms with Crippen molar-refractivity contribution in [3.8, 4) is 0 Å². The summed E-state index contributed by atoms with van der Waals surface area (Å²) in [7, 11) is 5.94. The monoisotopic (exact) mass is 161 g/mol. The second-order valence-electron chi connectivity index (χ2n) is 3.57. The molecule has 0 atom stereocenters. The Morgan fingerprint density at radius 3 is 2.25 bits per heavy atom. The zero-order valence-electron chi connectivity index (χ0n) is 8.29. The molecule has 0 radical (unpaired) electrons. The zero-order valence-corrected chi connectivity index (χ0v) is 8.29. The lowest BCUT2D eigenvalue weighted by Gasteiger charge is -2.32. The lowest BCUT2D eigenvalue weighted by Crippen LogP contribution is -2.50. The van der Waals surface area contributed by atoms with Crippen LogP contribution in [0.1, 0.15) is 6.92 Å². The first kappa shape index (κ1) is 11.1. The molecule has 0 unspecified atom stereocenters. The summed E-state index contributed by atoms with van der Waals surface area (Å²) in [6.45, 7) is 5.34. The van der Waals surface area contributed by atoms with Crippen LogP contribution < -0.4 is 0 Å². The molecule has 0 N–H and O–H groups in total. The van der Waals surface area contributed by atoms with E-state index in [2.05, 4.69) is 6.58 Å². The summed E-state index contributed by atoms with van der Waals surface area (Å²) in [5, 5.41) is -0.183. The van der Waals surface area contributed by atoms with E-state index in [0.29, 0.717) is 0 Å². The van der Waals surface area contributed by atoms with Gasteiger partial charge in [-0.2, -0.15) is 0 Å². The standard InChI is InChI=1S/C7H14B3NO/c1-3-5-11(6(12)4-2)7(8,9)10/h3-5H,2,8-10H2,1H3/b5-3-. The molecule has 1 amide bonds. The van der Waals surface area contributed by atoms with Crippen molar-refractivity contribution in [1.29, 1.82) is 0 Å². The Morgan fingerprint density at radius 1 is 1.50 bits per heavy atom. The van der Waals surface area contributed by atoms with Gasteiger partial charge in [-0.05, 0) is 18.2 Å². The molecule has 0 bridgehead atoms. The third-order valence-electron chi connectivity index (χ3n) is 1.43. The first-order valence-electron chi connectivity index (χ1n) is 4.02. The molecule has 0 rings (SSSR count). The fourth-order valence-electron chi connectivity index (χ4n) is 0.875. The van der Waals surface area contributed by atoms with E-state index in [4.69, 9.17) is 0 Å². The number of hydrogen-bond acceptors (Lipinski definition) is 1. The van der Waals surface area contributed by atoms with Crippen molar-refractivity contribution in [2.45, 2.75) is 12.2 Å². The highest BCUT2D eigenvalue weighted by Crippen LogP contribution is 2.04.